The van der Waals surface area contributed by atoms with Crippen LogP contribution in [-0.4, -0.2) is 21.4 Å². The van der Waals surface area contributed by atoms with E-state index in [1.165, 1.54) is 0 Å². The Morgan fingerprint density at radius 1 is 1.40 bits per heavy atom. The molecule has 1 heterocycles. The molecule has 0 spiro atoms. The van der Waals surface area contributed by atoms with E-state index in [1.54, 1.807) is 4.57 Å². The molecule has 1 N–H and O–H groups in total. The maximum absolute atomic E-state index is 5.37. The highest BCUT2D eigenvalue weighted by atomic mass is 32.1. The van der Waals surface area contributed by atoms with Gasteiger partial charge in [-0.2, -0.15) is 0 Å². The fraction of sp³-hybridized carbons (Fsp3) is 0.200. The van der Waals surface area contributed by atoms with E-state index in [0.717, 1.165) is 5.69 Å². The second-order valence-electron chi connectivity index (χ2n) is 2.92. The van der Waals surface area contributed by atoms with E-state index in [4.69, 9.17) is 17.0 Å². The summed E-state index contributed by atoms with van der Waals surface area (Å²) < 4.78 is 7.66. The summed E-state index contributed by atoms with van der Waals surface area (Å²) in [6, 6.07) is 10.2. The van der Waals surface area contributed by atoms with Crippen LogP contribution >= 0.6 is 12.2 Å². The molecule has 15 heavy (non-hydrogen) atoms. The lowest BCUT2D eigenvalue weighted by Crippen LogP contribution is -2.01. The number of benzene rings is 1. The van der Waals surface area contributed by atoms with Crippen LogP contribution in [0.25, 0.3) is 5.69 Å². The Labute approximate surface area is 92.5 Å². The number of rotatable bonds is 3. The van der Waals surface area contributed by atoms with Crippen LogP contribution < -0.4 is 4.74 Å². The molecule has 0 aliphatic carbocycles. The maximum Gasteiger partial charge on any atom is 0.320 e. The van der Waals surface area contributed by atoms with Gasteiger partial charge in [-0.1, -0.05) is 18.2 Å². The smallest absolute Gasteiger partial charge is 0.320 e. The number of nitrogens with zero attached hydrogens (tertiary/aromatic N) is 2. The third kappa shape index (κ3) is 1.92. The summed E-state index contributed by atoms with van der Waals surface area (Å²) in [5.41, 5.74) is 0.944. The van der Waals surface area contributed by atoms with Gasteiger partial charge < -0.3 is 4.74 Å². The Bertz CT molecular complexity index is 489. The van der Waals surface area contributed by atoms with Gasteiger partial charge in [0.2, 0.25) is 4.77 Å². The minimum atomic E-state index is 0.494. The number of para-hydroxylation sites is 1. The molecule has 0 saturated carbocycles. The highest BCUT2D eigenvalue weighted by Crippen LogP contribution is 2.15. The lowest BCUT2D eigenvalue weighted by atomic mass is 10.3. The number of aromatic nitrogens is 3. The molecule has 0 aliphatic rings. The van der Waals surface area contributed by atoms with Crippen molar-refractivity contribution in [3.05, 3.63) is 35.1 Å². The first-order chi connectivity index (χ1) is 7.33. The first kappa shape index (κ1) is 9.92. The van der Waals surface area contributed by atoms with Crippen molar-refractivity contribution < 1.29 is 4.74 Å². The van der Waals surface area contributed by atoms with Crippen LogP contribution in [-0.2, 0) is 0 Å². The lowest BCUT2D eigenvalue weighted by molar-refractivity contribution is 0.306. The maximum atomic E-state index is 5.37. The zero-order valence-electron chi connectivity index (χ0n) is 8.30. The van der Waals surface area contributed by atoms with Crippen LogP contribution in [0.4, 0.5) is 0 Å². The summed E-state index contributed by atoms with van der Waals surface area (Å²) in [7, 11) is 0. The molecule has 2 rings (SSSR count). The Morgan fingerprint density at radius 2 is 2.13 bits per heavy atom. The summed E-state index contributed by atoms with van der Waals surface area (Å²) in [6.45, 7) is 2.47. The molecule has 0 amide bonds. The van der Waals surface area contributed by atoms with Gasteiger partial charge in [0.1, 0.15) is 0 Å². The van der Waals surface area contributed by atoms with Crippen LogP contribution in [0.5, 0.6) is 6.01 Å². The third-order valence-corrected chi connectivity index (χ3v) is 2.20. The minimum absolute atomic E-state index is 0.494. The Balaban J connectivity index is 2.52. The van der Waals surface area contributed by atoms with Crippen LogP contribution in [0.3, 0.4) is 0 Å². The number of H-pyrrole nitrogens is 1. The number of aromatic amines is 1. The molecule has 5 heteroatoms. The van der Waals surface area contributed by atoms with Gasteiger partial charge in [0.05, 0.1) is 12.3 Å². The molecular weight excluding hydrogens is 210 g/mol. The van der Waals surface area contributed by atoms with Gasteiger partial charge >= 0.3 is 6.01 Å². The Kier molecular flexibility index (Phi) is 2.82. The van der Waals surface area contributed by atoms with E-state index in [0.29, 0.717) is 17.4 Å². The van der Waals surface area contributed by atoms with Crippen molar-refractivity contribution in [1.29, 1.82) is 0 Å². The van der Waals surface area contributed by atoms with Crippen LogP contribution in [0.15, 0.2) is 30.3 Å². The first-order valence-corrected chi connectivity index (χ1v) is 5.09. The minimum Gasteiger partial charge on any atom is -0.464 e. The largest absolute Gasteiger partial charge is 0.464 e. The Hall–Kier alpha value is -1.62. The molecule has 0 radical (unpaired) electrons. The molecule has 0 fully saturated rings. The molecule has 1 aromatic carbocycles. The van der Waals surface area contributed by atoms with Crippen molar-refractivity contribution in [1.82, 2.24) is 14.8 Å². The van der Waals surface area contributed by atoms with Gasteiger partial charge in [0.25, 0.3) is 0 Å². The zero-order valence-corrected chi connectivity index (χ0v) is 9.12. The van der Waals surface area contributed by atoms with Crippen LogP contribution in [0.1, 0.15) is 6.92 Å². The first-order valence-electron chi connectivity index (χ1n) is 4.68. The third-order valence-electron chi connectivity index (χ3n) is 1.93. The topological polar surface area (TPSA) is 42.8 Å². The molecule has 4 nitrogen and oxygen atoms in total. The standard InChI is InChI=1S/C10H11N3OS/c1-2-14-9-11-12-10(15)13(9)8-6-4-3-5-7-8/h3-7H,2H2,1H3,(H,12,15). The highest BCUT2D eigenvalue weighted by Gasteiger charge is 2.07. The van der Waals surface area contributed by atoms with Gasteiger partial charge in [-0.05, 0) is 31.3 Å². The van der Waals surface area contributed by atoms with Crippen molar-refractivity contribution in [2.45, 2.75) is 6.92 Å². The van der Waals surface area contributed by atoms with Crippen molar-refractivity contribution in [2.24, 2.45) is 0 Å². The number of nitrogens with one attached hydrogen (secondary N) is 1. The fourth-order valence-electron chi connectivity index (χ4n) is 1.31. The SMILES string of the molecule is CCOc1n[nH]c(=S)n1-c1ccccc1. The summed E-state index contributed by atoms with van der Waals surface area (Å²) in [5.74, 6) is 0. The average molecular weight is 221 g/mol. The van der Waals surface area contributed by atoms with E-state index in [2.05, 4.69) is 10.2 Å². The molecule has 2 aromatic rings. The van der Waals surface area contributed by atoms with Crippen molar-refractivity contribution in [3.63, 3.8) is 0 Å². The zero-order chi connectivity index (χ0) is 10.7. The van der Waals surface area contributed by atoms with E-state index in [1.807, 2.05) is 37.3 Å². The second-order valence-corrected chi connectivity index (χ2v) is 3.30. The van der Waals surface area contributed by atoms with Gasteiger partial charge in [-0.25, -0.2) is 9.67 Å². The van der Waals surface area contributed by atoms with Crippen LogP contribution in [0, 0.1) is 4.77 Å². The van der Waals surface area contributed by atoms with Crippen molar-refractivity contribution in [2.75, 3.05) is 6.61 Å². The van der Waals surface area contributed by atoms with E-state index >= 15 is 0 Å². The summed E-state index contributed by atoms with van der Waals surface area (Å²) >= 11 is 5.13. The lowest BCUT2D eigenvalue weighted by Gasteiger charge is -2.05. The monoisotopic (exact) mass is 221 g/mol. The summed E-state index contributed by atoms with van der Waals surface area (Å²) in [5, 5.41) is 6.72. The number of hydrogen-bond acceptors (Lipinski definition) is 3. The molecule has 0 bridgehead atoms. The normalized spacial score (nSPS) is 10.2. The van der Waals surface area contributed by atoms with Gasteiger partial charge in [-0.3, -0.25) is 0 Å². The van der Waals surface area contributed by atoms with Gasteiger partial charge in [0, 0.05) is 0 Å². The molecule has 78 valence electrons. The summed E-state index contributed by atoms with van der Waals surface area (Å²) in [4.78, 5) is 0. The quantitative estimate of drug-likeness (QED) is 0.809. The predicted molar refractivity (Wildman–Crippen MR) is 59.9 cm³/mol. The molecule has 0 atom stereocenters. The van der Waals surface area contributed by atoms with Gasteiger partial charge in [-0.15, -0.1) is 5.10 Å². The van der Waals surface area contributed by atoms with Crippen LogP contribution in [0.2, 0.25) is 0 Å². The average Bonchev–Trinajstić information content (AvgIpc) is 2.62. The second kappa shape index (κ2) is 4.27. The number of hydrogen-bond donors (Lipinski definition) is 1. The highest BCUT2D eigenvalue weighted by molar-refractivity contribution is 7.71. The fourth-order valence-corrected chi connectivity index (χ4v) is 1.54. The van der Waals surface area contributed by atoms with Crippen molar-refractivity contribution in [3.8, 4) is 11.7 Å². The van der Waals surface area contributed by atoms with Crippen molar-refractivity contribution >= 4 is 12.2 Å². The predicted octanol–water partition coefficient (Wildman–Crippen LogP) is 2.33. The molecule has 0 aliphatic heterocycles. The summed E-state index contributed by atoms with van der Waals surface area (Å²) in [6.07, 6.45) is 0. The van der Waals surface area contributed by atoms with E-state index in [-0.39, 0.29) is 0 Å². The van der Waals surface area contributed by atoms with E-state index in [9.17, 15) is 0 Å². The molecule has 0 unspecified atom stereocenters. The van der Waals surface area contributed by atoms with Gasteiger partial charge in [0.15, 0.2) is 0 Å². The molecule has 1 aromatic heterocycles. The van der Waals surface area contributed by atoms with E-state index < -0.39 is 0 Å². The molecule has 0 saturated heterocycles. The molecular formula is C10H11N3OS. The Morgan fingerprint density at radius 3 is 2.80 bits per heavy atom. The number of ether oxygens (including phenoxy) is 1.